The number of nitrogens with zero attached hydrogens (tertiary/aromatic N) is 1. The molecule has 0 spiro atoms. The third kappa shape index (κ3) is 6.45. The lowest BCUT2D eigenvalue weighted by Crippen LogP contribution is -2.04. The molecule has 0 aliphatic rings. The zero-order valence-electron chi connectivity index (χ0n) is 15.2. The highest BCUT2D eigenvalue weighted by atomic mass is 35.5. The number of methoxy groups -OCH3 is 1. The summed E-state index contributed by atoms with van der Waals surface area (Å²) in [6.45, 7) is 4.11. The summed E-state index contributed by atoms with van der Waals surface area (Å²) >= 11 is 7.78. The number of nitro benzene ring substituents is 1. The molecule has 0 saturated carbocycles. The fourth-order valence-electron chi connectivity index (χ4n) is 2.30. The molecule has 0 bridgehead atoms. The average molecular weight is 410 g/mol. The van der Waals surface area contributed by atoms with Gasteiger partial charge < -0.3 is 9.47 Å². The van der Waals surface area contributed by atoms with Gasteiger partial charge in [-0.1, -0.05) is 25.4 Å². The minimum atomic E-state index is -0.429. The third-order valence-corrected chi connectivity index (χ3v) is 4.92. The standard InChI is InChI=1S/C19H20ClNO5S/c1-12(2)27-11-14-9-16(21(23)24)4-5-18(14)26-17-7-13(6-15(20)10-17)8-19(22)25-3/h4-7,9-10,12H,8,11H2,1-3H3. The molecule has 0 unspecified atom stereocenters. The molecule has 2 rings (SSSR count). The lowest BCUT2D eigenvalue weighted by Gasteiger charge is -2.13. The van der Waals surface area contributed by atoms with Gasteiger partial charge in [-0.15, -0.1) is 0 Å². The highest BCUT2D eigenvalue weighted by Crippen LogP contribution is 2.33. The van der Waals surface area contributed by atoms with Crippen LogP contribution in [0.3, 0.4) is 0 Å². The number of carbonyl (C=O) groups excluding carboxylic acids is 1. The normalized spacial score (nSPS) is 10.7. The summed E-state index contributed by atoms with van der Waals surface area (Å²) < 4.78 is 10.6. The van der Waals surface area contributed by atoms with Crippen molar-refractivity contribution in [3.63, 3.8) is 0 Å². The molecule has 6 nitrogen and oxygen atoms in total. The van der Waals surface area contributed by atoms with Crippen molar-refractivity contribution in [2.24, 2.45) is 0 Å². The predicted octanol–water partition coefficient (Wildman–Crippen LogP) is 5.40. The van der Waals surface area contributed by atoms with Gasteiger partial charge in [0.25, 0.3) is 5.69 Å². The van der Waals surface area contributed by atoms with Crippen molar-refractivity contribution in [2.45, 2.75) is 31.3 Å². The topological polar surface area (TPSA) is 78.7 Å². The summed E-state index contributed by atoms with van der Waals surface area (Å²) in [4.78, 5) is 22.1. The van der Waals surface area contributed by atoms with Crippen LogP contribution in [0.25, 0.3) is 0 Å². The van der Waals surface area contributed by atoms with Crippen molar-refractivity contribution >= 4 is 35.0 Å². The number of thioether (sulfide) groups is 1. The summed E-state index contributed by atoms with van der Waals surface area (Å²) in [5.74, 6) is 1.16. The van der Waals surface area contributed by atoms with E-state index in [2.05, 4.69) is 18.6 Å². The van der Waals surface area contributed by atoms with Crippen LogP contribution in [-0.4, -0.2) is 23.3 Å². The lowest BCUT2D eigenvalue weighted by atomic mass is 10.1. The summed E-state index contributed by atoms with van der Waals surface area (Å²) in [7, 11) is 1.32. The number of nitro groups is 1. The lowest BCUT2D eigenvalue weighted by molar-refractivity contribution is -0.384. The summed E-state index contributed by atoms with van der Waals surface area (Å²) in [5.41, 5.74) is 1.39. The first kappa shape index (κ1) is 21.1. The maximum atomic E-state index is 11.5. The van der Waals surface area contributed by atoms with E-state index >= 15 is 0 Å². The van der Waals surface area contributed by atoms with Gasteiger partial charge in [-0.25, -0.2) is 0 Å². The fraction of sp³-hybridized carbons (Fsp3) is 0.316. The largest absolute Gasteiger partial charge is 0.469 e. The Bertz CT molecular complexity index is 841. The molecule has 2 aromatic carbocycles. The van der Waals surface area contributed by atoms with Crippen molar-refractivity contribution in [1.29, 1.82) is 0 Å². The molecule has 0 fully saturated rings. The second-order valence-electron chi connectivity index (χ2n) is 6.06. The highest BCUT2D eigenvalue weighted by molar-refractivity contribution is 7.99. The number of carbonyl (C=O) groups is 1. The molecule has 27 heavy (non-hydrogen) atoms. The van der Waals surface area contributed by atoms with E-state index in [0.717, 1.165) is 5.56 Å². The Morgan fingerprint density at radius 1 is 1.26 bits per heavy atom. The molecule has 0 aliphatic heterocycles. The molecule has 2 aromatic rings. The van der Waals surface area contributed by atoms with E-state index in [4.69, 9.17) is 16.3 Å². The molecular formula is C19H20ClNO5S. The van der Waals surface area contributed by atoms with Gasteiger partial charge >= 0.3 is 5.97 Å². The maximum Gasteiger partial charge on any atom is 0.309 e. The van der Waals surface area contributed by atoms with E-state index in [0.29, 0.717) is 33.1 Å². The van der Waals surface area contributed by atoms with Crippen molar-refractivity contribution in [3.05, 3.63) is 62.7 Å². The Hall–Kier alpha value is -2.25. The number of benzene rings is 2. The van der Waals surface area contributed by atoms with Crippen LogP contribution >= 0.6 is 23.4 Å². The van der Waals surface area contributed by atoms with E-state index in [9.17, 15) is 14.9 Å². The Morgan fingerprint density at radius 3 is 2.63 bits per heavy atom. The number of hydrogen-bond donors (Lipinski definition) is 0. The van der Waals surface area contributed by atoms with Crippen LogP contribution in [0, 0.1) is 10.1 Å². The maximum absolute atomic E-state index is 11.5. The van der Waals surface area contributed by atoms with Gasteiger partial charge in [0.15, 0.2) is 0 Å². The van der Waals surface area contributed by atoms with Crippen molar-refractivity contribution in [1.82, 2.24) is 0 Å². The molecule has 8 heteroatoms. The minimum Gasteiger partial charge on any atom is -0.469 e. The van der Waals surface area contributed by atoms with Crippen LogP contribution in [0.4, 0.5) is 5.69 Å². The second kappa shape index (κ2) is 9.62. The second-order valence-corrected chi connectivity index (χ2v) is 8.06. The molecule has 144 valence electrons. The van der Waals surface area contributed by atoms with Gasteiger partial charge in [0, 0.05) is 28.5 Å². The summed E-state index contributed by atoms with van der Waals surface area (Å²) in [6.07, 6.45) is 0.0732. The first-order chi connectivity index (χ1) is 12.8. The van der Waals surface area contributed by atoms with Gasteiger partial charge in [0.1, 0.15) is 11.5 Å². The van der Waals surface area contributed by atoms with E-state index in [1.807, 2.05) is 0 Å². The first-order valence-corrected chi connectivity index (χ1v) is 9.64. The number of rotatable bonds is 8. The number of halogens is 1. The molecule has 0 saturated heterocycles. The minimum absolute atomic E-state index is 0.0131. The summed E-state index contributed by atoms with van der Waals surface area (Å²) in [5, 5.41) is 11.9. The monoisotopic (exact) mass is 409 g/mol. The van der Waals surface area contributed by atoms with Crippen LogP contribution in [0.1, 0.15) is 25.0 Å². The van der Waals surface area contributed by atoms with Gasteiger partial charge in [0.05, 0.1) is 18.5 Å². The van der Waals surface area contributed by atoms with Crippen LogP contribution in [-0.2, 0) is 21.7 Å². The Balaban J connectivity index is 2.32. The van der Waals surface area contributed by atoms with Crippen LogP contribution in [0.5, 0.6) is 11.5 Å². The fourth-order valence-corrected chi connectivity index (χ4v) is 3.28. The zero-order chi connectivity index (χ0) is 20.0. The number of hydrogen-bond acceptors (Lipinski definition) is 6. The molecule has 0 aromatic heterocycles. The van der Waals surface area contributed by atoms with Gasteiger partial charge in [0.2, 0.25) is 0 Å². The van der Waals surface area contributed by atoms with E-state index in [-0.39, 0.29) is 18.1 Å². The van der Waals surface area contributed by atoms with Crippen LogP contribution in [0.15, 0.2) is 36.4 Å². The van der Waals surface area contributed by atoms with E-state index < -0.39 is 4.92 Å². The van der Waals surface area contributed by atoms with Gasteiger partial charge in [-0.05, 0) is 35.1 Å². The third-order valence-electron chi connectivity index (χ3n) is 3.56. The van der Waals surface area contributed by atoms with Crippen molar-refractivity contribution in [2.75, 3.05) is 7.11 Å². The highest BCUT2D eigenvalue weighted by Gasteiger charge is 2.14. The Morgan fingerprint density at radius 2 is 2.00 bits per heavy atom. The molecular weight excluding hydrogens is 390 g/mol. The summed E-state index contributed by atoms with van der Waals surface area (Å²) in [6, 6.07) is 9.49. The first-order valence-electron chi connectivity index (χ1n) is 8.21. The molecule has 0 heterocycles. The number of ether oxygens (including phenoxy) is 2. The van der Waals surface area contributed by atoms with Gasteiger partial charge in [-0.2, -0.15) is 11.8 Å². The van der Waals surface area contributed by atoms with Crippen molar-refractivity contribution in [3.8, 4) is 11.5 Å². The number of non-ortho nitro benzene ring substituents is 1. The van der Waals surface area contributed by atoms with Crippen LogP contribution < -0.4 is 4.74 Å². The number of esters is 1. The Kier molecular flexibility index (Phi) is 7.50. The van der Waals surface area contributed by atoms with Gasteiger partial charge in [-0.3, -0.25) is 14.9 Å². The molecule has 0 radical (unpaired) electrons. The average Bonchev–Trinajstić information content (AvgIpc) is 2.59. The predicted molar refractivity (Wildman–Crippen MR) is 107 cm³/mol. The van der Waals surface area contributed by atoms with Crippen LogP contribution in [0.2, 0.25) is 5.02 Å². The SMILES string of the molecule is COC(=O)Cc1cc(Cl)cc(Oc2ccc([N+](=O)[O-])cc2CSC(C)C)c1. The molecule has 0 aliphatic carbocycles. The zero-order valence-corrected chi connectivity index (χ0v) is 16.8. The smallest absolute Gasteiger partial charge is 0.309 e. The van der Waals surface area contributed by atoms with E-state index in [1.54, 1.807) is 36.0 Å². The molecule has 0 atom stereocenters. The van der Waals surface area contributed by atoms with E-state index in [1.165, 1.54) is 19.2 Å². The molecule has 0 amide bonds. The van der Waals surface area contributed by atoms with Crippen molar-refractivity contribution < 1.29 is 19.2 Å². The quantitative estimate of drug-likeness (QED) is 0.330. The Labute approximate surface area is 167 Å². The molecule has 0 N–H and O–H groups in total.